The first-order valence-corrected chi connectivity index (χ1v) is 4.39. The number of rotatable bonds is 1. The van der Waals surface area contributed by atoms with Crippen molar-refractivity contribution in [2.75, 3.05) is 26.4 Å². The summed E-state index contributed by atoms with van der Waals surface area (Å²) < 4.78 is 0. The molecule has 0 aromatic heterocycles. The fourth-order valence-electron chi connectivity index (χ4n) is 0.719. The molecule has 0 bridgehead atoms. The first-order valence-electron chi connectivity index (χ1n) is 3.40. The van der Waals surface area contributed by atoms with Crippen LogP contribution in [0.15, 0.2) is 4.99 Å². The molecule has 0 aromatic rings. The van der Waals surface area contributed by atoms with Gasteiger partial charge < -0.3 is 0 Å². The minimum atomic E-state index is 0.975. The summed E-state index contributed by atoms with van der Waals surface area (Å²) in [5.41, 5.74) is 3.13. The Morgan fingerprint density at radius 2 is 2.40 bits per heavy atom. The maximum absolute atomic E-state index is 4.30. The average molecular weight is 159 g/mol. The molecule has 1 heterocycles. The third-order valence-corrected chi connectivity index (χ3v) is 2.10. The van der Waals surface area contributed by atoms with Crippen LogP contribution in [-0.2, 0) is 0 Å². The zero-order valence-corrected chi connectivity index (χ0v) is 7.24. The van der Waals surface area contributed by atoms with Crippen molar-refractivity contribution in [2.24, 2.45) is 4.99 Å². The number of hydrogen-bond donors (Lipinski definition) is 1. The number of amidine groups is 1. The van der Waals surface area contributed by atoms with Gasteiger partial charge >= 0.3 is 0 Å². The Balaban J connectivity index is 2.31. The molecule has 0 saturated carbocycles. The number of aliphatic imine (C=N–C) groups is 1. The lowest BCUT2D eigenvalue weighted by atomic mass is 10.5. The van der Waals surface area contributed by atoms with E-state index in [1.807, 2.05) is 19.1 Å². The summed E-state index contributed by atoms with van der Waals surface area (Å²) in [7, 11) is 3.94. The largest absolute Gasteiger partial charge is 0.298 e. The lowest BCUT2D eigenvalue weighted by Crippen LogP contribution is -2.35. The molecule has 0 atom stereocenters. The van der Waals surface area contributed by atoms with Crippen LogP contribution in [0.2, 0.25) is 0 Å². The predicted molar refractivity (Wildman–Crippen MR) is 46.2 cm³/mol. The molecule has 0 radical (unpaired) electrons. The Morgan fingerprint density at radius 3 is 2.90 bits per heavy atom. The van der Waals surface area contributed by atoms with Crippen LogP contribution in [0.4, 0.5) is 0 Å². The monoisotopic (exact) mass is 159 g/mol. The Labute approximate surface area is 65.9 Å². The van der Waals surface area contributed by atoms with Crippen LogP contribution < -0.4 is 5.43 Å². The summed E-state index contributed by atoms with van der Waals surface area (Å²) in [5, 5.41) is 2.97. The summed E-state index contributed by atoms with van der Waals surface area (Å²) in [6, 6.07) is 0. The number of thioether (sulfide) groups is 1. The lowest BCUT2D eigenvalue weighted by Gasteiger charge is -2.17. The van der Waals surface area contributed by atoms with Crippen LogP contribution in [0.1, 0.15) is 6.42 Å². The highest BCUT2D eigenvalue weighted by atomic mass is 32.2. The minimum Gasteiger partial charge on any atom is -0.298 e. The molecule has 4 heteroatoms. The van der Waals surface area contributed by atoms with Gasteiger partial charge in [0.05, 0.1) is 0 Å². The molecular weight excluding hydrogens is 146 g/mol. The topological polar surface area (TPSA) is 27.6 Å². The summed E-state index contributed by atoms with van der Waals surface area (Å²) in [4.78, 5) is 4.30. The molecule has 58 valence electrons. The Bertz CT molecular complexity index is 133. The Kier molecular flexibility index (Phi) is 3.02. The van der Waals surface area contributed by atoms with E-state index < -0.39 is 0 Å². The smallest absolute Gasteiger partial charge is 0.171 e. The van der Waals surface area contributed by atoms with E-state index in [0.717, 1.165) is 11.7 Å². The second kappa shape index (κ2) is 3.83. The average Bonchev–Trinajstić information content (AvgIpc) is 1.88. The van der Waals surface area contributed by atoms with Crippen LogP contribution in [0.25, 0.3) is 0 Å². The van der Waals surface area contributed by atoms with Crippen molar-refractivity contribution in [3.05, 3.63) is 0 Å². The maximum atomic E-state index is 4.30. The van der Waals surface area contributed by atoms with Crippen molar-refractivity contribution in [1.29, 1.82) is 0 Å². The fourth-order valence-corrected chi connectivity index (χ4v) is 1.62. The number of nitrogens with one attached hydrogen (secondary N) is 1. The molecule has 1 rings (SSSR count). The van der Waals surface area contributed by atoms with Crippen molar-refractivity contribution >= 4 is 16.9 Å². The standard InChI is InChI=1S/C6H13N3S/c1-9(2)8-6-7-4-3-5-10-6/h3-5H2,1-2H3,(H,7,8). The van der Waals surface area contributed by atoms with E-state index in [9.17, 15) is 0 Å². The first-order chi connectivity index (χ1) is 4.79. The number of nitrogens with zero attached hydrogens (tertiary/aromatic N) is 2. The van der Waals surface area contributed by atoms with Crippen LogP contribution >= 0.6 is 11.8 Å². The minimum absolute atomic E-state index is 0.975. The van der Waals surface area contributed by atoms with Crippen molar-refractivity contribution in [3.63, 3.8) is 0 Å². The second-order valence-electron chi connectivity index (χ2n) is 2.40. The van der Waals surface area contributed by atoms with Gasteiger partial charge in [-0.2, -0.15) is 0 Å². The Morgan fingerprint density at radius 1 is 1.60 bits per heavy atom. The second-order valence-corrected chi connectivity index (χ2v) is 3.48. The molecule has 0 aliphatic carbocycles. The van der Waals surface area contributed by atoms with Gasteiger partial charge in [-0.05, 0) is 6.42 Å². The van der Waals surface area contributed by atoms with Gasteiger partial charge in [-0.3, -0.25) is 10.4 Å². The van der Waals surface area contributed by atoms with Crippen molar-refractivity contribution in [3.8, 4) is 0 Å². The number of hydrazine groups is 1. The van der Waals surface area contributed by atoms with Gasteiger partial charge in [0, 0.05) is 26.4 Å². The molecule has 0 fully saturated rings. The third kappa shape index (κ3) is 2.58. The molecule has 1 aliphatic heterocycles. The molecule has 3 nitrogen and oxygen atoms in total. The number of hydrogen-bond acceptors (Lipinski definition) is 4. The summed E-state index contributed by atoms with van der Waals surface area (Å²) in [6.45, 7) is 0.975. The van der Waals surface area contributed by atoms with Gasteiger partial charge in [0.15, 0.2) is 5.17 Å². The SMILES string of the molecule is CN(C)NC1=NCCCS1. The van der Waals surface area contributed by atoms with Gasteiger partial charge in [-0.25, -0.2) is 5.01 Å². The lowest BCUT2D eigenvalue weighted by molar-refractivity contribution is 0.365. The van der Waals surface area contributed by atoms with Crippen molar-refractivity contribution in [1.82, 2.24) is 10.4 Å². The molecule has 0 saturated heterocycles. The highest BCUT2D eigenvalue weighted by Crippen LogP contribution is 2.09. The van der Waals surface area contributed by atoms with E-state index in [0.29, 0.717) is 0 Å². The van der Waals surface area contributed by atoms with Crippen LogP contribution in [-0.4, -0.2) is 36.6 Å². The molecule has 0 spiro atoms. The van der Waals surface area contributed by atoms with Crippen LogP contribution in [0, 0.1) is 0 Å². The van der Waals surface area contributed by atoms with Gasteiger partial charge in [-0.1, -0.05) is 11.8 Å². The summed E-state index contributed by atoms with van der Waals surface area (Å²) in [5.74, 6) is 1.19. The highest BCUT2D eigenvalue weighted by molar-refractivity contribution is 8.13. The fraction of sp³-hybridized carbons (Fsp3) is 0.833. The van der Waals surface area contributed by atoms with E-state index in [2.05, 4.69) is 10.4 Å². The van der Waals surface area contributed by atoms with E-state index >= 15 is 0 Å². The zero-order valence-electron chi connectivity index (χ0n) is 6.42. The molecule has 0 amide bonds. The summed E-state index contributed by atoms with van der Waals surface area (Å²) >= 11 is 1.79. The molecular formula is C6H13N3S. The van der Waals surface area contributed by atoms with E-state index in [1.165, 1.54) is 12.2 Å². The molecule has 1 N–H and O–H groups in total. The molecule has 1 aliphatic rings. The zero-order chi connectivity index (χ0) is 7.40. The maximum Gasteiger partial charge on any atom is 0.171 e. The first kappa shape index (κ1) is 7.88. The quantitative estimate of drug-likeness (QED) is 0.566. The van der Waals surface area contributed by atoms with E-state index in [1.54, 1.807) is 11.8 Å². The van der Waals surface area contributed by atoms with E-state index in [-0.39, 0.29) is 0 Å². The Hall–Kier alpha value is -0.220. The van der Waals surface area contributed by atoms with Crippen LogP contribution in [0.5, 0.6) is 0 Å². The highest BCUT2D eigenvalue weighted by Gasteiger charge is 2.04. The predicted octanol–water partition coefficient (Wildman–Crippen LogP) is 0.546. The van der Waals surface area contributed by atoms with Gasteiger partial charge in [-0.15, -0.1) is 0 Å². The van der Waals surface area contributed by atoms with Crippen molar-refractivity contribution < 1.29 is 0 Å². The van der Waals surface area contributed by atoms with Gasteiger partial charge in [0.2, 0.25) is 0 Å². The third-order valence-electron chi connectivity index (χ3n) is 1.12. The van der Waals surface area contributed by atoms with E-state index in [4.69, 9.17) is 0 Å². The van der Waals surface area contributed by atoms with Gasteiger partial charge in [0.25, 0.3) is 0 Å². The molecule has 0 unspecified atom stereocenters. The normalized spacial score (nSPS) is 18.9. The molecule has 0 aromatic carbocycles. The van der Waals surface area contributed by atoms with Crippen LogP contribution in [0.3, 0.4) is 0 Å². The summed E-state index contributed by atoms with van der Waals surface area (Å²) in [6.07, 6.45) is 1.21. The molecule has 10 heavy (non-hydrogen) atoms. The van der Waals surface area contributed by atoms with Crippen molar-refractivity contribution in [2.45, 2.75) is 6.42 Å². The van der Waals surface area contributed by atoms with Gasteiger partial charge in [0.1, 0.15) is 0 Å².